The molecule has 2 aliphatic heterocycles. The van der Waals surface area contributed by atoms with Gasteiger partial charge in [0.05, 0.1) is 0 Å². The Hall–Kier alpha value is -1.88. The van der Waals surface area contributed by atoms with Gasteiger partial charge in [-0.2, -0.15) is 0 Å². The van der Waals surface area contributed by atoms with Gasteiger partial charge in [0.25, 0.3) is 0 Å². The first kappa shape index (κ1) is 23.3. The number of hydrogen-bond acceptors (Lipinski definition) is 3. The number of halogens is 1. The second-order valence-electron chi connectivity index (χ2n) is 9.37. The summed E-state index contributed by atoms with van der Waals surface area (Å²) < 4.78 is 0. The number of likely N-dealkylation sites (tertiary alicyclic amines) is 2. The lowest BCUT2D eigenvalue weighted by molar-refractivity contribution is -0.126. The van der Waals surface area contributed by atoms with E-state index in [1.54, 1.807) is 0 Å². The zero-order valence-corrected chi connectivity index (χ0v) is 19.8. The van der Waals surface area contributed by atoms with E-state index in [9.17, 15) is 4.79 Å². The van der Waals surface area contributed by atoms with Crippen LogP contribution in [0.2, 0.25) is 5.02 Å². The van der Waals surface area contributed by atoms with Gasteiger partial charge in [-0.05, 0) is 74.6 Å². The van der Waals surface area contributed by atoms with E-state index < -0.39 is 0 Å². The third-order valence-corrected chi connectivity index (χ3v) is 7.24. The molecule has 2 aliphatic rings. The summed E-state index contributed by atoms with van der Waals surface area (Å²) in [7, 11) is 0. The first-order valence-electron chi connectivity index (χ1n) is 12.2. The number of amides is 1. The van der Waals surface area contributed by atoms with Crippen LogP contribution < -0.4 is 5.32 Å². The van der Waals surface area contributed by atoms with E-state index in [1.807, 2.05) is 18.2 Å². The van der Waals surface area contributed by atoms with Gasteiger partial charge in [-0.15, -0.1) is 0 Å². The van der Waals surface area contributed by atoms with Gasteiger partial charge in [-0.3, -0.25) is 14.6 Å². The highest BCUT2D eigenvalue weighted by Crippen LogP contribution is 2.22. The molecule has 0 bridgehead atoms. The van der Waals surface area contributed by atoms with Crippen molar-refractivity contribution in [1.82, 2.24) is 15.1 Å². The van der Waals surface area contributed by atoms with Gasteiger partial charge in [-0.1, -0.05) is 66.9 Å². The lowest BCUT2D eigenvalue weighted by atomic mass is 9.95. The van der Waals surface area contributed by atoms with Gasteiger partial charge in [0.2, 0.25) is 5.91 Å². The molecule has 2 aromatic carbocycles. The monoisotopic (exact) mass is 453 g/mol. The Kier molecular flexibility index (Phi) is 8.61. The van der Waals surface area contributed by atoms with Crippen LogP contribution in [0.5, 0.6) is 0 Å². The summed E-state index contributed by atoms with van der Waals surface area (Å²) in [4.78, 5) is 17.7. The Morgan fingerprint density at radius 3 is 2.28 bits per heavy atom. The Labute approximate surface area is 197 Å². The molecule has 2 fully saturated rings. The number of rotatable bonds is 7. The van der Waals surface area contributed by atoms with Gasteiger partial charge in [-0.25, -0.2) is 0 Å². The van der Waals surface area contributed by atoms with E-state index in [0.717, 1.165) is 49.6 Å². The fraction of sp³-hybridized carbons (Fsp3) is 0.519. The predicted octanol–water partition coefficient (Wildman–Crippen LogP) is 5.24. The smallest absolute Gasteiger partial charge is 0.223 e. The van der Waals surface area contributed by atoms with Gasteiger partial charge >= 0.3 is 0 Å². The third kappa shape index (κ3) is 6.81. The van der Waals surface area contributed by atoms with Crippen molar-refractivity contribution < 1.29 is 4.79 Å². The molecule has 5 heteroatoms. The van der Waals surface area contributed by atoms with Crippen LogP contribution in [0.25, 0.3) is 0 Å². The van der Waals surface area contributed by atoms with Gasteiger partial charge < -0.3 is 5.32 Å². The van der Waals surface area contributed by atoms with E-state index in [4.69, 9.17) is 11.6 Å². The first-order chi connectivity index (χ1) is 15.7. The quantitative estimate of drug-likeness (QED) is 0.622. The molecule has 0 aromatic heterocycles. The maximum absolute atomic E-state index is 12.8. The standard InChI is InChI=1S/C27H36ClN3O/c28-26-11-4-3-10-25(26)21-31-16-12-24(13-17-31)27(32)29-19-22-8-7-9-23(18-22)20-30-14-5-1-2-6-15-30/h3-4,7-11,18,24H,1-2,5-6,12-17,19-21H2,(H,29,32). The van der Waals surface area contributed by atoms with Gasteiger partial charge in [0, 0.05) is 30.6 Å². The molecule has 4 nitrogen and oxygen atoms in total. The highest BCUT2D eigenvalue weighted by atomic mass is 35.5. The fourth-order valence-corrected chi connectivity index (χ4v) is 5.14. The molecule has 0 unspecified atom stereocenters. The molecular formula is C27H36ClN3O. The minimum absolute atomic E-state index is 0.109. The lowest BCUT2D eigenvalue weighted by Crippen LogP contribution is -2.40. The van der Waals surface area contributed by atoms with E-state index in [0.29, 0.717) is 6.54 Å². The Bertz CT molecular complexity index is 871. The minimum Gasteiger partial charge on any atom is -0.352 e. The van der Waals surface area contributed by atoms with Crippen LogP contribution in [0, 0.1) is 5.92 Å². The van der Waals surface area contributed by atoms with E-state index in [1.165, 1.54) is 49.9 Å². The summed E-state index contributed by atoms with van der Waals surface area (Å²) in [5.41, 5.74) is 3.71. The third-order valence-electron chi connectivity index (χ3n) is 6.87. The summed E-state index contributed by atoms with van der Waals surface area (Å²) in [6, 6.07) is 16.8. The van der Waals surface area contributed by atoms with E-state index >= 15 is 0 Å². The molecule has 0 saturated carbocycles. The number of nitrogens with one attached hydrogen (secondary N) is 1. The van der Waals surface area contributed by atoms with Crippen molar-refractivity contribution in [3.05, 3.63) is 70.2 Å². The zero-order valence-electron chi connectivity index (χ0n) is 19.1. The number of benzene rings is 2. The number of carbonyl (C=O) groups excluding carboxylic acids is 1. The molecule has 172 valence electrons. The van der Waals surface area contributed by atoms with Gasteiger partial charge in [0.1, 0.15) is 0 Å². The Morgan fingerprint density at radius 2 is 1.53 bits per heavy atom. The molecule has 2 heterocycles. The number of carbonyl (C=O) groups is 1. The van der Waals surface area contributed by atoms with Crippen molar-refractivity contribution in [1.29, 1.82) is 0 Å². The van der Waals surface area contributed by atoms with Crippen LogP contribution in [0.4, 0.5) is 0 Å². The Balaban J connectivity index is 1.21. The summed E-state index contributed by atoms with van der Waals surface area (Å²) in [6.45, 7) is 6.78. The molecule has 0 spiro atoms. The van der Waals surface area contributed by atoms with Crippen molar-refractivity contribution >= 4 is 17.5 Å². The average molecular weight is 454 g/mol. The highest BCUT2D eigenvalue weighted by Gasteiger charge is 2.25. The molecule has 2 aromatic rings. The predicted molar refractivity (Wildman–Crippen MR) is 131 cm³/mol. The molecule has 0 radical (unpaired) electrons. The van der Waals surface area contributed by atoms with Crippen LogP contribution in [0.1, 0.15) is 55.2 Å². The van der Waals surface area contributed by atoms with Crippen molar-refractivity contribution in [2.24, 2.45) is 5.92 Å². The van der Waals surface area contributed by atoms with Crippen molar-refractivity contribution in [2.75, 3.05) is 26.2 Å². The van der Waals surface area contributed by atoms with Crippen LogP contribution >= 0.6 is 11.6 Å². The number of piperidine rings is 1. The topological polar surface area (TPSA) is 35.6 Å². The Morgan fingerprint density at radius 1 is 0.844 bits per heavy atom. The summed E-state index contributed by atoms with van der Waals surface area (Å²) in [6.07, 6.45) is 7.17. The number of hydrogen-bond donors (Lipinski definition) is 1. The van der Waals surface area contributed by atoms with Crippen LogP contribution in [0.15, 0.2) is 48.5 Å². The molecule has 1 N–H and O–H groups in total. The first-order valence-corrected chi connectivity index (χ1v) is 12.6. The van der Waals surface area contributed by atoms with Crippen LogP contribution in [-0.2, 0) is 24.4 Å². The largest absolute Gasteiger partial charge is 0.352 e. The normalized spacial score (nSPS) is 18.9. The van der Waals surface area contributed by atoms with Crippen molar-refractivity contribution in [3.63, 3.8) is 0 Å². The summed E-state index contributed by atoms with van der Waals surface area (Å²) >= 11 is 6.30. The second-order valence-corrected chi connectivity index (χ2v) is 9.78. The maximum Gasteiger partial charge on any atom is 0.223 e. The van der Waals surface area contributed by atoms with Gasteiger partial charge in [0.15, 0.2) is 0 Å². The average Bonchev–Trinajstić information content (AvgIpc) is 3.08. The summed E-state index contributed by atoms with van der Waals surface area (Å²) in [5, 5.41) is 4.02. The molecular weight excluding hydrogens is 418 g/mol. The van der Waals surface area contributed by atoms with E-state index in [2.05, 4.69) is 45.4 Å². The SMILES string of the molecule is O=C(NCc1cccc(CN2CCCCCC2)c1)C1CCN(Cc2ccccc2Cl)CC1. The molecule has 0 atom stereocenters. The molecule has 4 rings (SSSR count). The highest BCUT2D eigenvalue weighted by molar-refractivity contribution is 6.31. The second kappa shape index (κ2) is 11.8. The van der Waals surface area contributed by atoms with Crippen molar-refractivity contribution in [2.45, 2.75) is 58.2 Å². The minimum atomic E-state index is 0.109. The molecule has 1 amide bonds. The molecule has 0 aliphatic carbocycles. The molecule has 32 heavy (non-hydrogen) atoms. The zero-order chi connectivity index (χ0) is 22.2. The fourth-order valence-electron chi connectivity index (χ4n) is 4.94. The number of nitrogens with zero attached hydrogens (tertiary/aromatic N) is 2. The maximum atomic E-state index is 12.8. The van der Waals surface area contributed by atoms with Crippen LogP contribution in [-0.4, -0.2) is 41.9 Å². The molecule has 2 saturated heterocycles. The van der Waals surface area contributed by atoms with Crippen molar-refractivity contribution in [3.8, 4) is 0 Å². The van der Waals surface area contributed by atoms with Crippen LogP contribution in [0.3, 0.4) is 0 Å². The van der Waals surface area contributed by atoms with E-state index in [-0.39, 0.29) is 11.8 Å². The lowest BCUT2D eigenvalue weighted by Gasteiger charge is -2.31. The summed E-state index contributed by atoms with van der Waals surface area (Å²) in [5.74, 6) is 0.304.